The zero-order chi connectivity index (χ0) is 15.8. The normalized spacial score (nSPS) is 16.6. The lowest BCUT2D eigenvalue weighted by molar-refractivity contribution is 0.0792. The molecule has 0 spiro atoms. The van der Waals surface area contributed by atoms with E-state index in [1.165, 1.54) is 0 Å². The van der Waals surface area contributed by atoms with Gasteiger partial charge in [0.2, 0.25) is 0 Å². The second-order valence-electron chi connectivity index (χ2n) is 6.34. The van der Waals surface area contributed by atoms with Crippen LogP contribution in [0.25, 0.3) is 11.1 Å². The van der Waals surface area contributed by atoms with Crippen LogP contribution < -0.4 is 5.56 Å². The van der Waals surface area contributed by atoms with Gasteiger partial charge in [0.05, 0.1) is 5.56 Å². The van der Waals surface area contributed by atoms with Crippen LogP contribution in [0.15, 0.2) is 41.2 Å². The summed E-state index contributed by atoms with van der Waals surface area (Å²) in [7, 11) is 0. The molecular weight excluding hydrogens is 288 g/mol. The maximum atomic E-state index is 13.1. The van der Waals surface area contributed by atoms with Crippen molar-refractivity contribution >= 4 is 5.91 Å². The molecule has 4 heteroatoms. The van der Waals surface area contributed by atoms with Gasteiger partial charge in [-0.1, -0.05) is 30.3 Å². The van der Waals surface area contributed by atoms with Crippen LogP contribution in [0.2, 0.25) is 0 Å². The van der Waals surface area contributed by atoms with Crippen molar-refractivity contribution < 1.29 is 4.79 Å². The van der Waals surface area contributed by atoms with E-state index < -0.39 is 0 Å². The van der Waals surface area contributed by atoms with Crippen molar-refractivity contribution in [1.82, 2.24) is 9.47 Å². The number of rotatable bonds is 2. The first-order chi connectivity index (χ1) is 11.3. The Balaban J connectivity index is 1.93. The molecular formula is C19H20N2O2. The summed E-state index contributed by atoms with van der Waals surface area (Å²) in [6, 6.07) is 11.4. The van der Waals surface area contributed by atoms with Gasteiger partial charge < -0.3 is 9.47 Å². The molecule has 1 amide bonds. The van der Waals surface area contributed by atoms with Gasteiger partial charge in [-0.05, 0) is 31.2 Å². The number of carbonyl (C=O) groups is 1. The number of hydrogen-bond donors (Lipinski definition) is 0. The minimum Gasteiger partial charge on any atom is -0.339 e. The van der Waals surface area contributed by atoms with Crippen molar-refractivity contribution in [3.63, 3.8) is 0 Å². The van der Waals surface area contributed by atoms with Gasteiger partial charge >= 0.3 is 0 Å². The third kappa shape index (κ3) is 2.38. The van der Waals surface area contributed by atoms with E-state index >= 15 is 0 Å². The van der Waals surface area contributed by atoms with E-state index in [1.54, 1.807) is 10.6 Å². The number of benzene rings is 1. The van der Waals surface area contributed by atoms with Gasteiger partial charge in [-0.2, -0.15) is 0 Å². The van der Waals surface area contributed by atoms with E-state index in [4.69, 9.17) is 0 Å². The Labute approximate surface area is 135 Å². The summed E-state index contributed by atoms with van der Waals surface area (Å²) in [5.74, 6) is 0.0898. The molecule has 0 radical (unpaired) electrons. The molecule has 1 aromatic carbocycles. The lowest BCUT2D eigenvalue weighted by Gasteiger charge is -2.20. The smallest absolute Gasteiger partial charge is 0.256 e. The van der Waals surface area contributed by atoms with Gasteiger partial charge in [0.25, 0.3) is 11.5 Å². The maximum Gasteiger partial charge on any atom is 0.256 e. The van der Waals surface area contributed by atoms with Crippen LogP contribution in [0.4, 0.5) is 0 Å². The molecule has 2 aromatic rings. The molecule has 2 aliphatic rings. The summed E-state index contributed by atoms with van der Waals surface area (Å²) in [5, 5.41) is 0. The Morgan fingerprint density at radius 1 is 0.957 bits per heavy atom. The van der Waals surface area contributed by atoms with Gasteiger partial charge in [-0.3, -0.25) is 9.59 Å². The lowest BCUT2D eigenvalue weighted by atomic mass is 9.97. The molecule has 0 aliphatic carbocycles. The van der Waals surface area contributed by atoms with Crippen LogP contribution in [0.5, 0.6) is 0 Å². The lowest BCUT2D eigenvalue weighted by Crippen LogP contribution is -2.31. The quantitative estimate of drug-likeness (QED) is 0.856. The molecule has 0 saturated carbocycles. The first-order valence-corrected chi connectivity index (χ1v) is 8.37. The Bertz CT molecular complexity index is 802. The Morgan fingerprint density at radius 3 is 2.43 bits per heavy atom. The van der Waals surface area contributed by atoms with Gasteiger partial charge in [-0.25, -0.2) is 0 Å². The fourth-order valence-electron chi connectivity index (χ4n) is 3.77. The highest BCUT2D eigenvalue weighted by Gasteiger charge is 2.29. The SMILES string of the molecule is O=C(c1c(-c2ccccc2)cc(=O)n2c1CCC2)N1CCCC1. The minimum atomic E-state index is 0.00863. The third-order valence-electron chi connectivity index (χ3n) is 4.90. The number of pyridine rings is 1. The van der Waals surface area contributed by atoms with Gasteiger partial charge in [0.1, 0.15) is 0 Å². The van der Waals surface area contributed by atoms with E-state index in [0.29, 0.717) is 0 Å². The minimum absolute atomic E-state index is 0.00863. The number of nitrogens with zero attached hydrogens (tertiary/aromatic N) is 2. The second kappa shape index (κ2) is 5.69. The number of likely N-dealkylation sites (tertiary alicyclic amines) is 1. The Kier molecular flexibility index (Phi) is 3.52. The number of amides is 1. The molecule has 1 fully saturated rings. The van der Waals surface area contributed by atoms with E-state index in [1.807, 2.05) is 35.2 Å². The molecule has 0 bridgehead atoms. The second-order valence-corrected chi connectivity index (χ2v) is 6.34. The highest BCUT2D eigenvalue weighted by atomic mass is 16.2. The fraction of sp³-hybridized carbons (Fsp3) is 0.368. The van der Waals surface area contributed by atoms with E-state index in [0.717, 1.165) is 67.7 Å². The highest BCUT2D eigenvalue weighted by molar-refractivity contribution is 6.02. The molecule has 118 valence electrons. The number of carbonyl (C=O) groups excluding carboxylic acids is 1. The van der Waals surface area contributed by atoms with Crippen LogP contribution in [-0.2, 0) is 13.0 Å². The van der Waals surface area contributed by atoms with Gasteiger partial charge in [-0.15, -0.1) is 0 Å². The van der Waals surface area contributed by atoms with Gasteiger partial charge in [0, 0.05) is 37.0 Å². The summed E-state index contributed by atoms with van der Waals surface area (Å²) in [6.07, 6.45) is 3.89. The van der Waals surface area contributed by atoms with Crippen LogP contribution in [0.3, 0.4) is 0 Å². The average molecular weight is 308 g/mol. The first-order valence-electron chi connectivity index (χ1n) is 8.37. The molecule has 4 rings (SSSR count). The molecule has 1 saturated heterocycles. The van der Waals surface area contributed by atoms with Crippen LogP contribution in [0.1, 0.15) is 35.3 Å². The van der Waals surface area contributed by atoms with E-state index in [-0.39, 0.29) is 11.5 Å². The monoisotopic (exact) mass is 308 g/mol. The molecule has 0 unspecified atom stereocenters. The van der Waals surface area contributed by atoms with Crippen molar-refractivity contribution in [1.29, 1.82) is 0 Å². The van der Waals surface area contributed by atoms with Crippen molar-refractivity contribution in [2.75, 3.05) is 13.1 Å². The third-order valence-corrected chi connectivity index (χ3v) is 4.90. The topological polar surface area (TPSA) is 42.3 Å². The summed E-state index contributed by atoms with van der Waals surface area (Å²) in [4.78, 5) is 27.5. The number of hydrogen-bond acceptors (Lipinski definition) is 2. The molecule has 0 N–H and O–H groups in total. The van der Waals surface area contributed by atoms with Crippen molar-refractivity contribution in [2.24, 2.45) is 0 Å². The molecule has 0 atom stereocenters. The van der Waals surface area contributed by atoms with Gasteiger partial charge in [0.15, 0.2) is 0 Å². The molecule has 23 heavy (non-hydrogen) atoms. The zero-order valence-electron chi connectivity index (χ0n) is 13.1. The summed E-state index contributed by atoms with van der Waals surface area (Å²) in [5.41, 5.74) is 3.42. The molecule has 4 nitrogen and oxygen atoms in total. The van der Waals surface area contributed by atoms with Crippen molar-refractivity contribution in [2.45, 2.75) is 32.2 Å². The van der Waals surface area contributed by atoms with E-state index in [2.05, 4.69) is 0 Å². The maximum absolute atomic E-state index is 13.1. The molecule has 2 aliphatic heterocycles. The summed E-state index contributed by atoms with van der Waals surface area (Å²) < 4.78 is 1.79. The predicted molar refractivity (Wildman–Crippen MR) is 89.6 cm³/mol. The summed E-state index contributed by atoms with van der Waals surface area (Å²) >= 11 is 0. The van der Waals surface area contributed by atoms with Crippen molar-refractivity contribution in [3.8, 4) is 11.1 Å². The highest BCUT2D eigenvalue weighted by Crippen LogP contribution is 2.30. The van der Waals surface area contributed by atoms with Crippen molar-refractivity contribution in [3.05, 3.63) is 58.0 Å². The number of fused-ring (bicyclic) bond motifs is 1. The Hall–Kier alpha value is -2.36. The van der Waals surface area contributed by atoms with Crippen LogP contribution in [0, 0.1) is 0 Å². The predicted octanol–water partition coefficient (Wildman–Crippen LogP) is 2.70. The molecule has 1 aromatic heterocycles. The zero-order valence-corrected chi connectivity index (χ0v) is 13.1. The van der Waals surface area contributed by atoms with E-state index in [9.17, 15) is 9.59 Å². The average Bonchev–Trinajstić information content (AvgIpc) is 3.27. The van der Waals surface area contributed by atoms with Crippen LogP contribution in [-0.4, -0.2) is 28.5 Å². The fourth-order valence-corrected chi connectivity index (χ4v) is 3.77. The first kappa shape index (κ1) is 14.2. The van der Waals surface area contributed by atoms with Crippen LogP contribution >= 0.6 is 0 Å². The summed E-state index contributed by atoms with van der Waals surface area (Å²) in [6.45, 7) is 2.38. The largest absolute Gasteiger partial charge is 0.339 e. The number of aromatic nitrogens is 1. The molecule has 3 heterocycles. The Morgan fingerprint density at radius 2 is 1.70 bits per heavy atom. The standard InChI is InChI=1S/C19H20N2O2/c22-17-13-15(14-7-2-1-3-8-14)18(16-9-6-12-21(16)17)19(23)20-10-4-5-11-20/h1-3,7-8,13H,4-6,9-12H2.